The highest BCUT2D eigenvalue weighted by Gasteiger charge is 2.12. The van der Waals surface area contributed by atoms with Gasteiger partial charge in [0.1, 0.15) is 5.75 Å². The van der Waals surface area contributed by atoms with Gasteiger partial charge in [0.15, 0.2) is 0 Å². The number of benzene rings is 2. The quantitative estimate of drug-likeness (QED) is 0.783. The Labute approximate surface area is 134 Å². The van der Waals surface area contributed by atoms with Crippen molar-refractivity contribution in [3.05, 3.63) is 52.5 Å². The maximum atomic E-state index is 6.12. The van der Waals surface area contributed by atoms with E-state index in [-0.39, 0.29) is 0 Å². The molecular formula is C17H21BrN2O. The van der Waals surface area contributed by atoms with Crippen molar-refractivity contribution >= 4 is 27.3 Å². The van der Waals surface area contributed by atoms with E-state index >= 15 is 0 Å². The zero-order valence-corrected chi connectivity index (χ0v) is 14.1. The van der Waals surface area contributed by atoms with Crippen LogP contribution in [0.25, 0.3) is 0 Å². The van der Waals surface area contributed by atoms with Crippen molar-refractivity contribution in [1.29, 1.82) is 0 Å². The molecule has 0 aliphatic heterocycles. The molecule has 112 valence electrons. The van der Waals surface area contributed by atoms with Crippen molar-refractivity contribution < 1.29 is 4.74 Å². The number of para-hydroxylation sites is 2. The second kappa shape index (κ2) is 7.36. The molecule has 0 aliphatic rings. The Balaban J connectivity index is 2.33. The van der Waals surface area contributed by atoms with Crippen molar-refractivity contribution in [2.75, 3.05) is 24.3 Å². The van der Waals surface area contributed by atoms with E-state index in [4.69, 9.17) is 10.5 Å². The van der Waals surface area contributed by atoms with E-state index in [1.54, 1.807) is 7.11 Å². The smallest absolute Gasteiger partial charge is 0.123 e. The minimum absolute atomic E-state index is 0.769. The Bertz CT molecular complexity index is 601. The van der Waals surface area contributed by atoms with Gasteiger partial charge in [0.2, 0.25) is 0 Å². The molecule has 0 unspecified atom stereocenters. The molecule has 4 heteroatoms. The number of nitrogens with zero attached hydrogens (tertiary/aromatic N) is 1. The van der Waals surface area contributed by atoms with E-state index < -0.39 is 0 Å². The van der Waals surface area contributed by atoms with Crippen molar-refractivity contribution in [1.82, 2.24) is 0 Å². The van der Waals surface area contributed by atoms with Gasteiger partial charge in [-0.05, 0) is 36.8 Å². The van der Waals surface area contributed by atoms with Gasteiger partial charge in [-0.25, -0.2) is 0 Å². The molecule has 0 saturated heterocycles. The Morgan fingerprint density at radius 1 is 1.19 bits per heavy atom. The normalized spacial score (nSPS) is 10.4. The van der Waals surface area contributed by atoms with Gasteiger partial charge in [0, 0.05) is 23.1 Å². The van der Waals surface area contributed by atoms with Crippen LogP contribution >= 0.6 is 15.9 Å². The summed E-state index contributed by atoms with van der Waals surface area (Å²) in [5.74, 6) is 0.897. The SMILES string of the molecule is CCCN(Cc1cc(Br)ccc1OC)c1ccccc1N. The fourth-order valence-corrected chi connectivity index (χ4v) is 2.81. The van der Waals surface area contributed by atoms with Crippen molar-refractivity contribution in [3.8, 4) is 5.75 Å². The highest BCUT2D eigenvalue weighted by Crippen LogP contribution is 2.29. The molecular weight excluding hydrogens is 328 g/mol. The number of halogens is 1. The largest absolute Gasteiger partial charge is 0.496 e. The molecule has 0 bridgehead atoms. The molecule has 2 N–H and O–H groups in total. The lowest BCUT2D eigenvalue weighted by Crippen LogP contribution is -2.24. The van der Waals surface area contributed by atoms with Gasteiger partial charge in [-0.1, -0.05) is 35.0 Å². The first-order chi connectivity index (χ1) is 10.2. The van der Waals surface area contributed by atoms with Crippen LogP contribution in [0.4, 0.5) is 11.4 Å². The second-order valence-corrected chi connectivity index (χ2v) is 5.85. The van der Waals surface area contributed by atoms with Crippen LogP contribution in [0.1, 0.15) is 18.9 Å². The summed E-state index contributed by atoms with van der Waals surface area (Å²) in [6.07, 6.45) is 1.06. The van der Waals surface area contributed by atoms with Crippen molar-refractivity contribution in [2.45, 2.75) is 19.9 Å². The maximum Gasteiger partial charge on any atom is 0.123 e. The zero-order valence-electron chi connectivity index (χ0n) is 12.5. The number of methoxy groups -OCH3 is 1. The highest BCUT2D eigenvalue weighted by molar-refractivity contribution is 9.10. The lowest BCUT2D eigenvalue weighted by molar-refractivity contribution is 0.409. The highest BCUT2D eigenvalue weighted by atomic mass is 79.9. The van der Waals surface area contributed by atoms with E-state index in [0.717, 1.165) is 46.7 Å². The van der Waals surface area contributed by atoms with Crippen LogP contribution in [0.15, 0.2) is 46.9 Å². The van der Waals surface area contributed by atoms with Crippen LogP contribution in [-0.4, -0.2) is 13.7 Å². The van der Waals surface area contributed by atoms with Crippen molar-refractivity contribution in [2.24, 2.45) is 0 Å². The molecule has 0 aliphatic carbocycles. The summed E-state index contributed by atoms with van der Waals surface area (Å²) in [5, 5.41) is 0. The molecule has 0 amide bonds. The molecule has 0 aromatic heterocycles. The minimum atomic E-state index is 0.769. The Morgan fingerprint density at radius 3 is 2.62 bits per heavy atom. The topological polar surface area (TPSA) is 38.5 Å². The average Bonchev–Trinajstić information content (AvgIpc) is 2.48. The van der Waals surface area contributed by atoms with E-state index in [0.29, 0.717) is 0 Å². The van der Waals surface area contributed by atoms with Crippen LogP contribution in [0, 0.1) is 0 Å². The van der Waals surface area contributed by atoms with Crippen LogP contribution < -0.4 is 15.4 Å². The Kier molecular flexibility index (Phi) is 5.51. The lowest BCUT2D eigenvalue weighted by atomic mass is 10.1. The maximum absolute atomic E-state index is 6.12. The van der Waals surface area contributed by atoms with Crippen molar-refractivity contribution in [3.63, 3.8) is 0 Å². The predicted molar refractivity (Wildman–Crippen MR) is 92.9 cm³/mol. The molecule has 0 atom stereocenters. The Hall–Kier alpha value is -1.68. The summed E-state index contributed by atoms with van der Waals surface area (Å²) >= 11 is 3.53. The molecule has 0 spiro atoms. The number of nitrogen functional groups attached to an aromatic ring is 1. The zero-order chi connectivity index (χ0) is 15.2. The number of anilines is 2. The van der Waals surface area contributed by atoms with Gasteiger partial charge in [-0.2, -0.15) is 0 Å². The summed E-state index contributed by atoms with van der Waals surface area (Å²) in [6, 6.07) is 14.1. The van der Waals surface area contributed by atoms with Crippen LogP contribution in [0.2, 0.25) is 0 Å². The Morgan fingerprint density at radius 2 is 1.95 bits per heavy atom. The number of rotatable bonds is 6. The molecule has 0 fully saturated rings. The van der Waals surface area contributed by atoms with Crippen LogP contribution in [0.5, 0.6) is 5.75 Å². The van der Waals surface area contributed by atoms with Gasteiger partial charge in [-0.15, -0.1) is 0 Å². The standard InChI is InChI=1S/C17H21BrN2O/c1-3-10-20(16-7-5-4-6-15(16)19)12-13-11-14(18)8-9-17(13)21-2/h4-9,11H,3,10,12,19H2,1-2H3. The molecule has 0 heterocycles. The first kappa shape index (κ1) is 15.7. The summed E-state index contributed by atoms with van der Waals surface area (Å²) in [7, 11) is 1.70. The molecule has 2 aromatic rings. The van der Waals surface area contributed by atoms with E-state index in [1.807, 2.05) is 30.3 Å². The third kappa shape index (κ3) is 3.91. The molecule has 2 rings (SSSR count). The van der Waals surface area contributed by atoms with Gasteiger partial charge in [0.05, 0.1) is 18.5 Å². The monoisotopic (exact) mass is 348 g/mol. The number of nitrogens with two attached hydrogens (primary N) is 1. The van der Waals surface area contributed by atoms with E-state index in [1.165, 1.54) is 0 Å². The molecule has 0 saturated carbocycles. The number of hydrogen-bond acceptors (Lipinski definition) is 3. The first-order valence-electron chi connectivity index (χ1n) is 7.07. The number of ether oxygens (including phenoxy) is 1. The third-order valence-electron chi connectivity index (χ3n) is 3.37. The summed E-state index contributed by atoms with van der Waals surface area (Å²) in [5.41, 5.74) is 9.14. The number of hydrogen-bond donors (Lipinski definition) is 1. The van der Waals surface area contributed by atoms with E-state index in [9.17, 15) is 0 Å². The summed E-state index contributed by atoms with van der Waals surface area (Å²) in [4.78, 5) is 2.29. The summed E-state index contributed by atoms with van der Waals surface area (Å²) < 4.78 is 6.52. The van der Waals surface area contributed by atoms with Gasteiger partial charge >= 0.3 is 0 Å². The van der Waals surface area contributed by atoms with E-state index in [2.05, 4.69) is 39.9 Å². The van der Waals surface area contributed by atoms with Gasteiger partial charge in [0.25, 0.3) is 0 Å². The third-order valence-corrected chi connectivity index (χ3v) is 3.87. The van der Waals surface area contributed by atoms with Gasteiger partial charge < -0.3 is 15.4 Å². The first-order valence-corrected chi connectivity index (χ1v) is 7.87. The fraction of sp³-hybridized carbons (Fsp3) is 0.294. The molecule has 2 aromatic carbocycles. The lowest BCUT2D eigenvalue weighted by Gasteiger charge is -2.26. The second-order valence-electron chi connectivity index (χ2n) is 4.94. The fourth-order valence-electron chi connectivity index (χ4n) is 2.41. The minimum Gasteiger partial charge on any atom is -0.496 e. The van der Waals surface area contributed by atoms with Crippen LogP contribution in [-0.2, 0) is 6.54 Å². The van der Waals surface area contributed by atoms with Gasteiger partial charge in [-0.3, -0.25) is 0 Å². The predicted octanol–water partition coefficient (Wildman–Crippen LogP) is 4.46. The summed E-state index contributed by atoms with van der Waals surface area (Å²) in [6.45, 7) is 3.89. The molecule has 0 radical (unpaired) electrons. The molecule has 3 nitrogen and oxygen atoms in total. The van der Waals surface area contributed by atoms with Crippen LogP contribution in [0.3, 0.4) is 0 Å². The molecule has 21 heavy (non-hydrogen) atoms. The average molecular weight is 349 g/mol.